The maximum absolute atomic E-state index is 4.00. The van der Waals surface area contributed by atoms with Crippen molar-refractivity contribution in [2.24, 2.45) is 0 Å². The van der Waals surface area contributed by atoms with Crippen LogP contribution in [0.5, 0.6) is 0 Å². The van der Waals surface area contributed by atoms with Crippen molar-refractivity contribution in [3.05, 3.63) is 262 Å². The molecule has 0 heterocycles. The topological polar surface area (TPSA) is 0 Å². The van der Waals surface area contributed by atoms with Gasteiger partial charge in [-0.25, -0.2) is 0 Å². The van der Waals surface area contributed by atoms with Crippen LogP contribution in [0.25, 0.3) is 32.7 Å². The van der Waals surface area contributed by atoms with Gasteiger partial charge in [-0.1, -0.05) is 177 Å². The van der Waals surface area contributed by atoms with E-state index in [1.54, 1.807) is 0 Å². The Morgan fingerprint density at radius 2 is 0.562 bits per heavy atom. The molecule has 315 valence electrons. The fraction of sp³-hybridized carbons (Fsp3) is 0.0500. The molecule has 0 aromatic heterocycles. The number of rotatable bonds is 11. The molecule has 0 saturated carbocycles. The molecule has 10 rings (SSSR count). The van der Waals surface area contributed by atoms with E-state index < -0.39 is 23.8 Å². The summed E-state index contributed by atoms with van der Waals surface area (Å²) < 4.78 is 0. The van der Waals surface area contributed by atoms with Crippen LogP contribution in [0.15, 0.2) is 255 Å². The van der Waals surface area contributed by atoms with Crippen molar-refractivity contribution < 1.29 is 19.5 Å². The molecule has 0 saturated heterocycles. The van der Waals surface area contributed by atoms with Crippen molar-refractivity contribution in [1.82, 2.24) is 0 Å². The van der Waals surface area contributed by atoms with Gasteiger partial charge in [0, 0.05) is 17.3 Å². The quantitative estimate of drug-likeness (QED) is 0.0688. The molecule has 1 radical (unpaired) electrons. The van der Waals surface area contributed by atoms with Gasteiger partial charge in [0.15, 0.2) is 0 Å². The van der Waals surface area contributed by atoms with Gasteiger partial charge in [0.05, 0.1) is 34.4 Å². The minimum absolute atomic E-state index is 0. The number of hydrogen-bond donors (Lipinski definition) is 0. The average molecular weight is 970 g/mol. The van der Waals surface area contributed by atoms with Gasteiger partial charge in [-0.2, -0.15) is 0 Å². The molecule has 0 amide bonds. The van der Waals surface area contributed by atoms with Crippen molar-refractivity contribution in [2.45, 2.75) is 13.8 Å². The van der Waals surface area contributed by atoms with Crippen LogP contribution in [-0.2, 0) is 19.5 Å². The second-order valence-corrected chi connectivity index (χ2v) is 22.9. The first kappa shape index (κ1) is 46.6. The predicted molar refractivity (Wildman–Crippen MR) is 289 cm³/mol. The second-order valence-electron chi connectivity index (χ2n) is 15.4. The molecule has 0 aliphatic heterocycles. The van der Waals surface area contributed by atoms with Gasteiger partial charge in [0.25, 0.3) is 0 Å². The van der Waals surface area contributed by atoms with Crippen LogP contribution in [0.4, 0.5) is 0 Å². The van der Waals surface area contributed by atoms with Crippen molar-refractivity contribution in [2.75, 3.05) is 6.16 Å². The summed E-state index contributed by atoms with van der Waals surface area (Å²) in [6.07, 6.45) is 2.22. The third-order valence-electron chi connectivity index (χ3n) is 11.6. The van der Waals surface area contributed by atoms with Crippen LogP contribution >= 0.6 is 23.8 Å². The van der Waals surface area contributed by atoms with Crippen molar-refractivity contribution in [1.29, 1.82) is 0 Å². The van der Waals surface area contributed by atoms with Crippen molar-refractivity contribution in [3.8, 4) is 11.1 Å². The standard InChI is InChI=1S/C44H32P2.C15H16P.CH4.Ru/c1-5-19-35(20-6-1)45(36-21-7-2-8-22-36)41-31-29-33-17-13-15-27-39(33)43(41)44-40-28-16-14-18-34(40)30-32-42(44)46(37-23-9-3-10-24-37)38-25-11-4-12-26-38;1-2-13-16(14-9-5-3-6-10-14)15-11-7-4-8-12-15;;/h1-32H;3-12H,1-2,13H2;1H4;/q;-1;;+1/p+3. The number of benzene rings is 10. The summed E-state index contributed by atoms with van der Waals surface area (Å²) in [5, 5.41) is 16.6. The van der Waals surface area contributed by atoms with E-state index in [1.165, 1.54) is 81.3 Å². The minimum Gasteiger partial charge on any atom is -0.340 e. The predicted octanol–water partition coefficient (Wildman–Crippen LogP) is 12.4. The van der Waals surface area contributed by atoms with Gasteiger partial charge in [-0.15, -0.1) is 6.42 Å². The molecule has 64 heavy (non-hydrogen) atoms. The van der Waals surface area contributed by atoms with Crippen LogP contribution in [0, 0.1) is 6.92 Å². The summed E-state index contributed by atoms with van der Waals surface area (Å²) in [7, 11) is -3.36. The Balaban J connectivity index is 0.000000289. The minimum atomic E-state index is -1.37. The van der Waals surface area contributed by atoms with E-state index in [4.69, 9.17) is 0 Å². The second kappa shape index (κ2) is 23.0. The molecule has 0 spiro atoms. The molecule has 0 bridgehead atoms. The zero-order chi connectivity index (χ0) is 41.9. The van der Waals surface area contributed by atoms with Gasteiger partial charge in [0.2, 0.25) is 0 Å². The van der Waals surface area contributed by atoms with Crippen molar-refractivity contribution >= 4 is 87.7 Å². The Hall–Kier alpha value is -5.37. The van der Waals surface area contributed by atoms with Crippen LogP contribution in [0.3, 0.4) is 0 Å². The maximum Gasteiger partial charge on any atom is 1.00 e. The van der Waals surface area contributed by atoms with Crippen LogP contribution < -0.4 is 42.4 Å². The summed E-state index contributed by atoms with van der Waals surface area (Å²) in [5.41, 5.74) is 2.75. The number of fused-ring (bicyclic) bond motifs is 2. The summed E-state index contributed by atoms with van der Waals surface area (Å²) in [5.74, 6) is 0. The summed E-state index contributed by atoms with van der Waals surface area (Å²) in [4.78, 5) is 0. The Labute approximate surface area is 397 Å². The first-order valence-corrected chi connectivity index (χ1v) is 26.3. The first-order valence-electron chi connectivity index (χ1n) is 21.5. The molecule has 10 aromatic carbocycles. The van der Waals surface area contributed by atoms with Crippen LogP contribution in [-0.4, -0.2) is 6.16 Å². The van der Waals surface area contributed by atoms with Gasteiger partial charge >= 0.3 is 19.5 Å². The maximum atomic E-state index is 4.00. The molecule has 0 atom stereocenters. The van der Waals surface area contributed by atoms with E-state index in [0.29, 0.717) is 0 Å². The van der Waals surface area contributed by atoms with E-state index in [0.717, 1.165) is 6.42 Å². The van der Waals surface area contributed by atoms with Gasteiger partial charge in [0.1, 0.15) is 31.8 Å². The molecule has 0 N–H and O–H groups in total. The Kier molecular flexibility index (Phi) is 16.8. The summed E-state index contributed by atoms with van der Waals surface area (Å²) in [6.45, 7) is 4.00. The molecule has 10 aromatic rings. The fourth-order valence-electron chi connectivity index (χ4n) is 8.78. The van der Waals surface area contributed by atoms with E-state index in [-0.39, 0.29) is 26.9 Å². The summed E-state index contributed by atoms with van der Waals surface area (Å²) in [6, 6.07) is 93.9. The monoisotopic (exact) mass is 970 g/mol. The third-order valence-corrected chi connectivity index (χ3v) is 20.0. The molecule has 0 fully saturated rings. The molecule has 0 unspecified atom stereocenters. The normalized spacial score (nSPS) is 10.9. The number of hydrogen-bond acceptors (Lipinski definition) is 0. The summed E-state index contributed by atoms with van der Waals surface area (Å²) >= 11 is 0. The largest absolute Gasteiger partial charge is 1.00 e. The molecule has 0 aliphatic rings. The molecular formula is C60H55P3Ru+3. The molecule has 4 heteroatoms. The smallest absolute Gasteiger partial charge is 0.340 e. The zero-order valence-corrected chi connectivity index (χ0v) is 40.0. The zero-order valence-electron chi connectivity index (χ0n) is 35.2. The Bertz CT molecular complexity index is 2680. The SMILES string of the molecule is C.[CH2-]CC[PH+](c1ccccc1)c1ccccc1.[Ru+].c1ccc([PH+](c2ccccc2)c2ccc3ccccc3c2-c2c([PH+](c3ccccc3)c3ccccc3)ccc3ccccc23)cc1. The third kappa shape index (κ3) is 10.4. The van der Waals surface area contributed by atoms with E-state index >= 15 is 0 Å². The molecule has 0 aliphatic carbocycles. The van der Waals surface area contributed by atoms with E-state index in [1.807, 2.05) is 0 Å². The van der Waals surface area contributed by atoms with Gasteiger partial charge in [-0.05, 0) is 106 Å². The van der Waals surface area contributed by atoms with Crippen LogP contribution in [0.2, 0.25) is 0 Å². The Morgan fingerprint density at radius 1 is 0.297 bits per heavy atom. The first-order chi connectivity index (χ1) is 30.8. The van der Waals surface area contributed by atoms with Crippen molar-refractivity contribution in [3.63, 3.8) is 0 Å². The van der Waals surface area contributed by atoms with Crippen LogP contribution in [0.1, 0.15) is 13.8 Å². The average Bonchev–Trinajstić information content (AvgIpc) is 3.35. The van der Waals surface area contributed by atoms with Gasteiger partial charge in [-0.3, -0.25) is 0 Å². The van der Waals surface area contributed by atoms with Gasteiger partial charge < -0.3 is 6.92 Å². The molecule has 0 nitrogen and oxygen atoms in total. The Morgan fingerprint density at radius 3 is 0.859 bits per heavy atom. The van der Waals surface area contributed by atoms with E-state index in [9.17, 15) is 0 Å². The molecular weight excluding hydrogens is 915 g/mol. The van der Waals surface area contributed by atoms with E-state index in [2.05, 4.69) is 262 Å². The fourth-order valence-corrected chi connectivity index (χ4v) is 16.8.